The monoisotopic (exact) mass is 264 g/mol. The molecule has 0 aromatic heterocycles. The first-order valence-electron chi connectivity index (χ1n) is 5.79. The van der Waals surface area contributed by atoms with Gasteiger partial charge in [-0.3, -0.25) is 9.59 Å². The zero-order valence-corrected chi connectivity index (χ0v) is 11.4. The Hall–Kier alpha value is -1.33. The fourth-order valence-electron chi connectivity index (χ4n) is 1.84. The Morgan fingerprint density at radius 3 is 2.89 bits per heavy atom. The molecule has 1 aliphatic rings. The van der Waals surface area contributed by atoms with Gasteiger partial charge in [-0.15, -0.1) is 11.8 Å². The van der Waals surface area contributed by atoms with Crippen LogP contribution in [0.5, 0.6) is 0 Å². The number of rotatable bonds is 4. The fraction of sp³-hybridized carbons (Fsp3) is 0.385. The Labute approximate surface area is 111 Å². The van der Waals surface area contributed by atoms with Crippen molar-refractivity contribution in [1.29, 1.82) is 0 Å². The van der Waals surface area contributed by atoms with Crippen LogP contribution >= 0.6 is 11.8 Å². The first-order valence-corrected chi connectivity index (χ1v) is 6.77. The molecular weight excluding hydrogens is 248 g/mol. The number of anilines is 1. The van der Waals surface area contributed by atoms with E-state index in [-0.39, 0.29) is 5.91 Å². The highest BCUT2D eigenvalue weighted by Gasteiger charge is 2.24. The summed E-state index contributed by atoms with van der Waals surface area (Å²) in [6.07, 6.45) is 0.835. The minimum Gasteiger partial charge on any atom is -0.309 e. The number of amides is 1. The summed E-state index contributed by atoms with van der Waals surface area (Å²) in [6.45, 7) is 1.51. The van der Waals surface area contributed by atoms with Crippen LogP contribution in [0.1, 0.15) is 10.4 Å². The van der Waals surface area contributed by atoms with Crippen molar-refractivity contribution in [3.8, 4) is 0 Å². The van der Waals surface area contributed by atoms with E-state index >= 15 is 0 Å². The molecule has 0 N–H and O–H groups in total. The molecule has 96 valence electrons. The zero-order chi connectivity index (χ0) is 13.1. The van der Waals surface area contributed by atoms with Crippen LogP contribution in [0.25, 0.3) is 0 Å². The first-order chi connectivity index (χ1) is 8.61. The number of benzene rings is 1. The summed E-state index contributed by atoms with van der Waals surface area (Å²) in [7, 11) is 3.97. The van der Waals surface area contributed by atoms with E-state index in [1.54, 1.807) is 11.0 Å². The van der Waals surface area contributed by atoms with E-state index in [1.165, 1.54) is 11.8 Å². The van der Waals surface area contributed by atoms with E-state index in [1.807, 2.05) is 26.2 Å². The van der Waals surface area contributed by atoms with Gasteiger partial charge in [0, 0.05) is 23.5 Å². The standard InChI is InChI=1S/C13H16N2O2S/c1-14(2)5-6-15-11-4-3-10(8-16)7-12(11)18-9-13(15)17/h3-4,7-8H,5-6,9H2,1-2H3. The van der Waals surface area contributed by atoms with Gasteiger partial charge < -0.3 is 9.80 Å². The second-order valence-electron chi connectivity index (χ2n) is 4.48. The molecule has 0 bridgehead atoms. The van der Waals surface area contributed by atoms with E-state index in [9.17, 15) is 9.59 Å². The number of aldehydes is 1. The van der Waals surface area contributed by atoms with Gasteiger partial charge in [0.1, 0.15) is 6.29 Å². The lowest BCUT2D eigenvalue weighted by Gasteiger charge is -2.30. The van der Waals surface area contributed by atoms with Gasteiger partial charge in [-0.25, -0.2) is 0 Å². The highest BCUT2D eigenvalue weighted by atomic mass is 32.2. The third-order valence-electron chi connectivity index (χ3n) is 2.83. The molecule has 4 nitrogen and oxygen atoms in total. The molecule has 1 heterocycles. The molecule has 0 aliphatic carbocycles. The molecule has 0 fully saturated rings. The van der Waals surface area contributed by atoms with Crippen LogP contribution in [0, 0.1) is 0 Å². The van der Waals surface area contributed by atoms with Crippen LogP contribution in [0.3, 0.4) is 0 Å². The highest BCUT2D eigenvalue weighted by Crippen LogP contribution is 2.35. The maximum absolute atomic E-state index is 11.9. The van der Waals surface area contributed by atoms with E-state index in [0.717, 1.165) is 23.4 Å². The maximum atomic E-state index is 11.9. The van der Waals surface area contributed by atoms with Gasteiger partial charge >= 0.3 is 0 Å². The number of thioether (sulfide) groups is 1. The zero-order valence-electron chi connectivity index (χ0n) is 10.5. The van der Waals surface area contributed by atoms with Crippen molar-refractivity contribution in [3.05, 3.63) is 23.8 Å². The summed E-state index contributed by atoms with van der Waals surface area (Å²) in [6, 6.07) is 5.47. The molecule has 1 aromatic rings. The number of nitrogens with zero attached hydrogens (tertiary/aromatic N) is 2. The Morgan fingerprint density at radius 2 is 2.22 bits per heavy atom. The van der Waals surface area contributed by atoms with Gasteiger partial charge in [0.15, 0.2) is 0 Å². The minimum atomic E-state index is 0.133. The summed E-state index contributed by atoms with van der Waals surface area (Å²) >= 11 is 1.50. The molecule has 0 unspecified atom stereocenters. The number of likely N-dealkylation sites (N-methyl/N-ethyl adjacent to an activating group) is 1. The van der Waals surface area contributed by atoms with Gasteiger partial charge in [-0.2, -0.15) is 0 Å². The van der Waals surface area contributed by atoms with E-state index in [2.05, 4.69) is 4.90 Å². The van der Waals surface area contributed by atoms with E-state index < -0.39 is 0 Å². The third-order valence-corrected chi connectivity index (χ3v) is 3.86. The van der Waals surface area contributed by atoms with Crippen molar-refractivity contribution in [2.45, 2.75) is 4.90 Å². The summed E-state index contributed by atoms with van der Waals surface area (Å²) in [5, 5.41) is 0. The second-order valence-corrected chi connectivity index (χ2v) is 5.50. The van der Waals surface area contributed by atoms with Crippen molar-refractivity contribution in [2.24, 2.45) is 0 Å². The third kappa shape index (κ3) is 2.73. The molecule has 18 heavy (non-hydrogen) atoms. The largest absolute Gasteiger partial charge is 0.309 e. The molecule has 1 amide bonds. The van der Waals surface area contributed by atoms with Crippen molar-refractivity contribution >= 4 is 29.6 Å². The van der Waals surface area contributed by atoms with Crippen LogP contribution in [0.2, 0.25) is 0 Å². The van der Waals surface area contributed by atoms with Crippen LogP contribution in [0.4, 0.5) is 5.69 Å². The molecule has 0 saturated carbocycles. The molecule has 0 radical (unpaired) electrons. The van der Waals surface area contributed by atoms with E-state index in [0.29, 0.717) is 17.9 Å². The molecule has 5 heteroatoms. The van der Waals surface area contributed by atoms with Gasteiger partial charge in [0.2, 0.25) is 5.91 Å². The van der Waals surface area contributed by atoms with E-state index in [4.69, 9.17) is 0 Å². The summed E-state index contributed by atoms with van der Waals surface area (Å²) in [5.74, 6) is 0.580. The van der Waals surface area contributed by atoms with Crippen LogP contribution in [-0.2, 0) is 4.79 Å². The number of carbonyl (C=O) groups excluding carboxylic acids is 2. The Bertz CT molecular complexity index is 474. The average molecular weight is 264 g/mol. The van der Waals surface area contributed by atoms with Gasteiger partial charge in [-0.1, -0.05) is 0 Å². The Morgan fingerprint density at radius 1 is 1.44 bits per heavy atom. The summed E-state index contributed by atoms with van der Waals surface area (Å²) in [4.78, 5) is 27.6. The van der Waals surface area contributed by atoms with Gasteiger partial charge in [0.25, 0.3) is 0 Å². The van der Waals surface area contributed by atoms with Crippen molar-refractivity contribution < 1.29 is 9.59 Å². The fourth-order valence-corrected chi connectivity index (χ4v) is 2.82. The topological polar surface area (TPSA) is 40.6 Å². The second kappa shape index (κ2) is 5.54. The SMILES string of the molecule is CN(C)CCN1C(=O)CSc2cc(C=O)ccc21. The quantitative estimate of drug-likeness (QED) is 0.773. The Kier molecular flexibility index (Phi) is 4.04. The summed E-state index contributed by atoms with van der Waals surface area (Å²) < 4.78 is 0. The van der Waals surface area contributed by atoms with Crippen molar-refractivity contribution in [1.82, 2.24) is 4.90 Å². The smallest absolute Gasteiger partial charge is 0.237 e. The normalized spacial score (nSPS) is 14.8. The highest BCUT2D eigenvalue weighted by molar-refractivity contribution is 8.00. The molecular formula is C13H16N2O2S. The number of carbonyl (C=O) groups is 2. The van der Waals surface area contributed by atoms with Crippen LogP contribution in [0.15, 0.2) is 23.1 Å². The molecule has 2 rings (SSSR count). The van der Waals surface area contributed by atoms with Crippen LogP contribution < -0.4 is 4.90 Å². The lowest BCUT2D eigenvalue weighted by atomic mass is 10.2. The van der Waals surface area contributed by atoms with Crippen molar-refractivity contribution in [3.63, 3.8) is 0 Å². The average Bonchev–Trinajstić information content (AvgIpc) is 2.36. The van der Waals surface area contributed by atoms with Gasteiger partial charge in [0.05, 0.1) is 11.4 Å². The lowest BCUT2D eigenvalue weighted by molar-refractivity contribution is -0.116. The minimum absolute atomic E-state index is 0.133. The summed E-state index contributed by atoms with van der Waals surface area (Å²) in [5.41, 5.74) is 1.58. The van der Waals surface area contributed by atoms with Crippen LogP contribution in [-0.4, -0.2) is 50.0 Å². The number of hydrogen-bond donors (Lipinski definition) is 0. The molecule has 1 aromatic carbocycles. The molecule has 0 saturated heterocycles. The van der Waals surface area contributed by atoms with Gasteiger partial charge in [-0.05, 0) is 32.3 Å². The first kappa shape index (κ1) is 13.1. The predicted octanol–water partition coefficient (Wildman–Crippen LogP) is 1.50. The maximum Gasteiger partial charge on any atom is 0.237 e. The Balaban J connectivity index is 2.26. The molecule has 0 atom stereocenters. The number of hydrogen-bond acceptors (Lipinski definition) is 4. The molecule has 1 aliphatic heterocycles. The lowest BCUT2D eigenvalue weighted by Crippen LogP contribution is -2.39. The predicted molar refractivity (Wildman–Crippen MR) is 73.5 cm³/mol. The molecule has 0 spiro atoms. The van der Waals surface area contributed by atoms with Crippen molar-refractivity contribution in [2.75, 3.05) is 37.8 Å². The number of fused-ring (bicyclic) bond motifs is 1.